The Kier molecular flexibility index (Phi) is 11.5. The van der Waals surface area contributed by atoms with Crippen LogP contribution < -0.4 is 20.1 Å². The Bertz CT molecular complexity index is 2630. The van der Waals surface area contributed by atoms with E-state index >= 15 is 0 Å². The summed E-state index contributed by atoms with van der Waals surface area (Å²) in [6.07, 6.45) is 1.36. The third-order valence-electron chi connectivity index (χ3n) is 12.6. The van der Waals surface area contributed by atoms with Gasteiger partial charge in [0.05, 0.1) is 26.3 Å². The number of hydrogen-bond acceptors (Lipinski definition) is 10. The number of alkyl carbamates (subject to hydrolysis) is 2. The normalized spacial score (nSPS) is 17.8. The van der Waals surface area contributed by atoms with Gasteiger partial charge < -0.3 is 49.3 Å². The molecule has 6 heterocycles. The SMILES string of the molecule is COC(=O)N[C@@H](C(=O)N1CCC[C@H]1c1nc(-c2cc3c4c(c2)OCc2cc(-c5nc([C@@H]6CCCN6C(=O)[C@H](NC(=O)OC)c6ccccc6)[nH]c5Cl)cc(c2-4)OC3)c(Cl)[nH]1)c1ccccc1. The number of likely N-dealkylation sites (tertiary alicyclic amines) is 2. The quantitative estimate of drug-likeness (QED) is 0.103. The van der Waals surface area contributed by atoms with Gasteiger partial charge in [0.2, 0.25) is 0 Å². The number of methoxy groups -OCH3 is 2. The zero-order valence-corrected chi connectivity index (χ0v) is 37.4. The molecule has 4 atom stereocenters. The topological polar surface area (TPSA) is 193 Å². The summed E-state index contributed by atoms with van der Waals surface area (Å²) >= 11 is 13.8. The number of H-pyrrole nitrogens is 2. The maximum absolute atomic E-state index is 14.1. The minimum Gasteiger partial charge on any atom is -0.488 e. The number of nitrogens with one attached hydrogen (secondary N) is 4. The van der Waals surface area contributed by atoms with Gasteiger partial charge in [-0.15, -0.1) is 0 Å². The zero-order chi connectivity index (χ0) is 45.6. The van der Waals surface area contributed by atoms with Gasteiger partial charge in [0.15, 0.2) is 0 Å². The van der Waals surface area contributed by atoms with Crippen LogP contribution in [0.15, 0.2) is 84.9 Å². The highest BCUT2D eigenvalue weighted by Gasteiger charge is 2.40. The van der Waals surface area contributed by atoms with Crippen LogP contribution in [-0.4, -0.2) is 81.0 Å². The zero-order valence-electron chi connectivity index (χ0n) is 35.9. The van der Waals surface area contributed by atoms with Crippen LogP contribution in [0.4, 0.5) is 9.59 Å². The summed E-state index contributed by atoms with van der Waals surface area (Å²) in [6, 6.07) is 23.2. The molecule has 66 heavy (non-hydrogen) atoms. The molecule has 18 heteroatoms. The van der Waals surface area contributed by atoms with E-state index < -0.39 is 36.4 Å². The van der Waals surface area contributed by atoms with Crippen LogP contribution in [0.1, 0.15) is 83.8 Å². The van der Waals surface area contributed by atoms with Crippen LogP contribution in [0.2, 0.25) is 10.3 Å². The first kappa shape index (κ1) is 42.9. The van der Waals surface area contributed by atoms with E-state index in [-0.39, 0.29) is 25.0 Å². The van der Waals surface area contributed by atoms with Gasteiger partial charge in [-0.05, 0) is 61.1 Å². The molecular formula is C48H44Cl2N8O8. The fourth-order valence-electron chi connectivity index (χ4n) is 9.57. The van der Waals surface area contributed by atoms with E-state index in [1.54, 1.807) is 34.1 Å². The second kappa shape index (κ2) is 17.7. The summed E-state index contributed by atoms with van der Waals surface area (Å²) < 4.78 is 22.6. The Balaban J connectivity index is 0.904. The van der Waals surface area contributed by atoms with E-state index in [4.69, 9.17) is 52.1 Å². The van der Waals surface area contributed by atoms with Gasteiger partial charge in [-0.2, -0.15) is 0 Å². The molecular weight excluding hydrogens is 887 g/mol. The lowest BCUT2D eigenvalue weighted by molar-refractivity contribution is -0.135. The molecule has 2 saturated heterocycles. The van der Waals surface area contributed by atoms with E-state index in [1.165, 1.54) is 14.2 Å². The van der Waals surface area contributed by atoms with Gasteiger partial charge in [-0.1, -0.05) is 83.9 Å². The number of aromatic nitrogens is 4. The summed E-state index contributed by atoms with van der Waals surface area (Å²) in [5.74, 6) is 1.83. The Morgan fingerprint density at radius 3 is 1.45 bits per heavy atom. The third-order valence-corrected chi connectivity index (χ3v) is 13.2. The lowest BCUT2D eigenvalue weighted by atomic mass is 9.87. The van der Waals surface area contributed by atoms with Crippen molar-refractivity contribution in [2.75, 3.05) is 27.3 Å². The number of hydrogen-bond donors (Lipinski definition) is 4. The molecule has 4 amide bonds. The van der Waals surface area contributed by atoms with Crippen LogP contribution in [0, 0.1) is 0 Å². The van der Waals surface area contributed by atoms with Crippen LogP contribution in [0.3, 0.4) is 0 Å². The first-order valence-corrected chi connectivity index (χ1v) is 22.4. The molecule has 0 unspecified atom stereocenters. The van der Waals surface area contributed by atoms with Crippen molar-refractivity contribution in [1.29, 1.82) is 0 Å². The summed E-state index contributed by atoms with van der Waals surface area (Å²) in [6.45, 7) is 1.43. The Labute approximate surface area is 388 Å². The summed E-state index contributed by atoms with van der Waals surface area (Å²) in [4.78, 5) is 72.8. The predicted octanol–water partition coefficient (Wildman–Crippen LogP) is 8.75. The first-order valence-electron chi connectivity index (χ1n) is 21.6. The number of ether oxygens (including phenoxy) is 4. The average Bonchev–Trinajstić information content (AvgIpc) is 4.18. The molecule has 0 radical (unpaired) electrons. The van der Waals surface area contributed by atoms with Crippen molar-refractivity contribution in [1.82, 2.24) is 40.4 Å². The Hall–Kier alpha value is -7.04. The van der Waals surface area contributed by atoms with Gasteiger partial charge in [0, 0.05) is 46.5 Å². The van der Waals surface area contributed by atoms with Gasteiger partial charge >= 0.3 is 12.2 Å². The molecule has 0 spiro atoms. The highest BCUT2D eigenvalue weighted by atomic mass is 35.5. The van der Waals surface area contributed by atoms with Crippen LogP contribution in [0.5, 0.6) is 11.5 Å². The number of nitrogens with zero attached hydrogens (tertiary/aromatic N) is 4. The summed E-state index contributed by atoms with van der Waals surface area (Å²) in [5.41, 5.74) is 7.35. The molecule has 6 aromatic rings. The highest BCUT2D eigenvalue weighted by molar-refractivity contribution is 6.32. The van der Waals surface area contributed by atoms with Crippen molar-refractivity contribution in [3.05, 3.63) is 129 Å². The van der Waals surface area contributed by atoms with Crippen LogP contribution >= 0.6 is 23.2 Å². The molecule has 0 bridgehead atoms. The number of aromatic amines is 2. The van der Waals surface area contributed by atoms with E-state index in [0.717, 1.165) is 46.2 Å². The maximum Gasteiger partial charge on any atom is 0.407 e. The van der Waals surface area contributed by atoms with Crippen molar-refractivity contribution in [2.45, 2.75) is 63.1 Å². The molecule has 0 aliphatic carbocycles. The molecule has 4 aliphatic rings. The van der Waals surface area contributed by atoms with E-state index in [1.807, 2.05) is 60.7 Å². The fourth-order valence-corrected chi connectivity index (χ4v) is 10.1. The lowest BCUT2D eigenvalue weighted by Crippen LogP contribution is -2.42. The Morgan fingerprint density at radius 2 is 1.06 bits per heavy atom. The standard InChI is InChI=1S/C48H44Cl2N8O8/c1-63-47(61)53-39(25-11-5-3-6-12-25)45(59)57-17-9-15-31(57)43-51-37(41(49)55-43)27-19-29-23-66-34-22-28(20-30-24-65-33(21-27)35(29)36(30)34)38-42(50)56-44(52-38)32-16-10-18-58(32)46(60)40(54-48(62)64-2)26-13-7-4-8-14-26/h3-8,11-14,19-22,31-32,39-40H,9-10,15-18,23-24H2,1-2H3,(H,51,55)(H,52,56)(H,53,61)(H,54,62)/t31-,32-,39+,40+/m0/s1. The molecule has 0 saturated carbocycles. The summed E-state index contributed by atoms with van der Waals surface area (Å²) in [7, 11) is 2.52. The molecule has 2 aromatic heterocycles. The number of carbonyl (C=O) groups excluding carboxylic acids is 4. The number of imidazole rings is 2. The smallest absolute Gasteiger partial charge is 0.407 e. The maximum atomic E-state index is 14.1. The number of benzene rings is 4. The minimum atomic E-state index is -0.953. The monoisotopic (exact) mass is 930 g/mol. The molecule has 338 valence electrons. The second-order valence-electron chi connectivity index (χ2n) is 16.5. The second-order valence-corrected chi connectivity index (χ2v) is 17.3. The van der Waals surface area contributed by atoms with E-state index in [9.17, 15) is 19.2 Å². The molecule has 4 aromatic carbocycles. The van der Waals surface area contributed by atoms with Gasteiger partial charge in [-0.3, -0.25) is 9.59 Å². The van der Waals surface area contributed by atoms with Crippen LogP contribution in [0.25, 0.3) is 33.6 Å². The van der Waals surface area contributed by atoms with E-state index in [2.05, 4.69) is 20.6 Å². The van der Waals surface area contributed by atoms with Gasteiger partial charge in [-0.25, -0.2) is 19.6 Å². The molecule has 4 aliphatic heterocycles. The average molecular weight is 932 g/mol. The minimum absolute atomic E-state index is 0.240. The first-order chi connectivity index (χ1) is 32.1. The molecule has 16 nitrogen and oxygen atoms in total. The largest absolute Gasteiger partial charge is 0.488 e. The van der Waals surface area contributed by atoms with Crippen molar-refractivity contribution in [2.24, 2.45) is 0 Å². The molecule has 10 rings (SSSR count). The highest BCUT2D eigenvalue weighted by Crippen LogP contribution is 2.52. The molecule has 4 N–H and O–H groups in total. The van der Waals surface area contributed by atoms with Crippen LogP contribution in [-0.2, 0) is 32.3 Å². The van der Waals surface area contributed by atoms with Gasteiger partial charge in [0.25, 0.3) is 11.8 Å². The lowest BCUT2D eigenvalue weighted by Gasteiger charge is -2.30. The number of rotatable bonds is 10. The van der Waals surface area contributed by atoms with Crippen molar-refractivity contribution < 1.29 is 38.1 Å². The predicted molar refractivity (Wildman–Crippen MR) is 243 cm³/mol. The van der Waals surface area contributed by atoms with Crippen molar-refractivity contribution in [3.63, 3.8) is 0 Å². The number of halogens is 2. The van der Waals surface area contributed by atoms with Crippen molar-refractivity contribution in [3.8, 4) is 45.1 Å². The number of amides is 4. The fraction of sp³-hybridized carbons (Fsp3) is 0.292. The van der Waals surface area contributed by atoms with Crippen molar-refractivity contribution >= 4 is 47.2 Å². The van der Waals surface area contributed by atoms with E-state index in [0.29, 0.717) is 81.9 Å². The van der Waals surface area contributed by atoms with Gasteiger partial charge in [0.1, 0.15) is 70.1 Å². The third kappa shape index (κ3) is 7.83. The number of carbonyl (C=O) groups is 4. The summed E-state index contributed by atoms with van der Waals surface area (Å²) in [5, 5.41) is 6.03. The Morgan fingerprint density at radius 1 is 0.652 bits per heavy atom. The molecule has 2 fully saturated rings.